The lowest BCUT2D eigenvalue weighted by Gasteiger charge is -2.32. The molecule has 4 N–H and O–H groups in total. The Hall–Kier alpha value is -2.39. The molecular weight excluding hydrogens is 341 g/mol. The Balaban J connectivity index is 1.69. The Bertz CT molecular complexity index is 747. The van der Waals surface area contributed by atoms with Crippen LogP contribution in [0.3, 0.4) is 0 Å². The Labute approximate surface area is 151 Å². The van der Waals surface area contributed by atoms with E-state index in [1.165, 1.54) is 6.20 Å². The fourth-order valence-corrected chi connectivity index (χ4v) is 2.94. The molecule has 9 heteroatoms. The molecule has 2 heterocycles. The summed E-state index contributed by atoms with van der Waals surface area (Å²) in [6.07, 6.45) is 2.42. The van der Waals surface area contributed by atoms with E-state index < -0.39 is 18.7 Å². The van der Waals surface area contributed by atoms with E-state index in [1.54, 1.807) is 19.0 Å². The van der Waals surface area contributed by atoms with Crippen LogP contribution in [0.1, 0.15) is 12.8 Å². The summed E-state index contributed by atoms with van der Waals surface area (Å²) in [6, 6.07) is 5.61. The molecule has 6 nitrogen and oxygen atoms in total. The molecule has 0 saturated carbocycles. The minimum Gasteiger partial charge on any atom is -0.484 e. The Morgan fingerprint density at radius 1 is 1.31 bits per heavy atom. The highest BCUT2D eigenvalue weighted by Gasteiger charge is 2.26. The van der Waals surface area contributed by atoms with E-state index in [2.05, 4.69) is 10.3 Å². The van der Waals surface area contributed by atoms with Crippen LogP contribution < -0.4 is 15.8 Å². The van der Waals surface area contributed by atoms with E-state index in [-0.39, 0.29) is 17.5 Å². The van der Waals surface area contributed by atoms with E-state index >= 15 is 0 Å². The number of rotatable bonds is 5. The van der Waals surface area contributed by atoms with Crippen molar-refractivity contribution < 1.29 is 18.5 Å². The predicted octanol–water partition coefficient (Wildman–Crippen LogP) is 2.64. The highest BCUT2D eigenvalue weighted by Crippen LogP contribution is 2.30. The number of halogens is 2. The van der Waals surface area contributed by atoms with Crippen LogP contribution in [0.2, 0.25) is 6.82 Å². The first kappa shape index (κ1) is 18.4. The largest absolute Gasteiger partial charge is 0.484 e. The summed E-state index contributed by atoms with van der Waals surface area (Å²) < 4.78 is 34.3. The van der Waals surface area contributed by atoms with Crippen molar-refractivity contribution in [1.29, 1.82) is 0 Å². The van der Waals surface area contributed by atoms with Gasteiger partial charge in [-0.25, -0.2) is 13.8 Å². The standard InChI is InChI=1S/C17H21BF2N4O2/c1-18(25)24-7-4-12(5-8-24)26-16-13(19)9-11(10-14(16)20)23-17-15(21)3-2-6-22-17/h2-3,6,9-10,12,25H,4-5,7-8,21H2,1H3,(H,22,23). The third kappa shape index (κ3) is 4.23. The fourth-order valence-electron chi connectivity index (χ4n) is 2.94. The second kappa shape index (κ2) is 7.88. The second-order valence-electron chi connectivity index (χ2n) is 6.32. The van der Waals surface area contributed by atoms with E-state index in [1.807, 2.05) is 4.81 Å². The van der Waals surface area contributed by atoms with Gasteiger partial charge in [-0.05, 0) is 44.9 Å². The zero-order valence-electron chi connectivity index (χ0n) is 14.5. The number of hydrogen-bond acceptors (Lipinski definition) is 6. The fraction of sp³-hybridized carbons (Fsp3) is 0.353. The Kier molecular flexibility index (Phi) is 5.58. The van der Waals surface area contributed by atoms with Crippen molar-refractivity contribution >= 4 is 24.2 Å². The van der Waals surface area contributed by atoms with Gasteiger partial charge in [0.15, 0.2) is 23.2 Å². The normalized spacial score (nSPS) is 15.7. The smallest absolute Gasteiger partial charge is 0.376 e. The maximum Gasteiger partial charge on any atom is 0.376 e. The first-order valence-electron chi connectivity index (χ1n) is 8.49. The maximum atomic E-state index is 14.4. The highest BCUT2D eigenvalue weighted by atomic mass is 19.1. The number of hydrogen-bond donors (Lipinski definition) is 3. The van der Waals surface area contributed by atoms with E-state index in [4.69, 9.17) is 10.5 Å². The summed E-state index contributed by atoms with van der Waals surface area (Å²) in [5, 5.41) is 12.4. The lowest BCUT2D eigenvalue weighted by Crippen LogP contribution is -2.45. The first-order chi connectivity index (χ1) is 12.4. The first-order valence-corrected chi connectivity index (χ1v) is 8.49. The van der Waals surface area contributed by atoms with Gasteiger partial charge in [0.2, 0.25) is 0 Å². The van der Waals surface area contributed by atoms with Crippen molar-refractivity contribution in [2.75, 3.05) is 24.1 Å². The molecule has 26 heavy (non-hydrogen) atoms. The van der Waals surface area contributed by atoms with Crippen molar-refractivity contribution in [3.63, 3.8) is 0 Å². The van der Waals surface area contributed by atoms with Crippen LogP contribution in [0.25, 0.3) is 0 Å². The third-order valence-electron chi connectivity index (χ3n) is 4.39. The van der Waals surface area contributed by atoms with Gasteiger partial charge >= 0.3 is 7.05 Å². The van der Waals surface area contributed by atoms with Crippen molar-refractivity contribution in [2.45, 2.75) is 25.8 Å². The summed E-state index contributed by atoms with van der Waals surface area (Å²) in [6.45, 7) is 2.93. The van der Waals surface area contributed by atoms with Crippen molar-refractivity contribution in [2.24, 2.45) is 0 Å². The number of nitrogens with one attached hydrogen (secondary N) is 1. The third-order valence-corrected chi connectivity index (χ3v) is 4.39. The van der Waals surface area contributed by atoms with Crippen LogP contribution in [0, 0.1) is 11.6 Å². The van der Waals surface area contributed by atoms with E-state index in [0.717, 1.165) is 12.1 Å². The minimum absolute atomic E-state index is 0.196. The molecule has 2 aromatic rings. The van der Waals surface area contributed by atoms with Crippen LogP contribution in [0.5, 0.6) is 5.75 Å². The zero-order chi connectivity index (χ0) is 18.7. The number of benzene rings is 1. The molecule has 0 aliphatic carbocycles. The van der Waals surface area contributed by atoms with Crippen molar-refractivity contribution in [3.8, 4) is 5.75 Å². The predicted molar refractivity (Wildman–Crippen MR) is 97.3 cm³/mol. The van der Waals surface area contributed by atoms with Crippen molar-refractivity contribution in [3.05, 3.63) is 42.1 Å². The molecule has 0 bridgehead atoms. The molecule has 1 saturated heterocycles. The number of aromatic nitrogens is 1. The Morgan fingerprint density at radius 3 is 2.54 bits per heavy atom. The molecule has 0 radical (unpaired) electrons. The molecule has 1 fully saturated rings. The van der Waals surface area contributed by atoms with Gasteiger partial charge in [0.1, 0.15) is 6.10 Å². The van der Waals surface area contributed by atoms with Crippen molar-refractivity contribution in [1.82, 2.24) is 9.79 Å². The highest BCUT2D eigenvalue weighted by molar-refractivity contribution is 6.45. The number of nitrogens with zero attached hydrogens (tertiary/aromatic N) is 2. The van der Waals surface area contributed by atoms with Gasteiger partial charge in [-0.2, -0.15) is 0 Å². The van der Waals surface area contributed by atoms with Gasteiger partial charge < -0.3 is 25.6 Å². The van der Waals surface area contributed by atoms with Gasteiger partial charge in [-0.15, -0.1) is 0 Å². The number of pyridine rings is 1. The molecule has 0 atom stereocenters. The van der Waals surface area contributed by atoms with Gasteiger partial charge in [-0.1, -0.05) is 0 Å². The van der Waals surface area contributed by atoms with Gasteiger partial charge in [0.05, 0.1) is 5.69 Å². The quantitative estimate of drug-likeness (QED) is 0.710. The average Bonchev–Trinajstić information content (AvgIpc) is 2.60. The lowest BCUT2D eigenvalue weighted by atomic mass is 9.82. The molecular formula is C17H21BF2N4O2. The molecule has 0 unspecified atom stereocenters. The summed E-state index contributed by atoms with van der Waals surface area (Å²) in [5.41, 5.74) is 6.34. The van der Waals surface area contributed by atoms with Crippen LogP contribution in [-0.4, -0.2) is 41.1 Å². The summed E-state index contributed by atoms with van der Waals surface area (Å²) >= 11 is 0. The topological polar surface area (TPSA) is 83.6 Å². The summed E-state index contributed by atoms with van der Waals surface area (Å²) in [5.74, 6) is -1.65. The van der Waals surface area contributed by atoms with Crippen LogP contribution in [0.4, 0.5) is 26.0 Å². The van der Waals surface area contributed by atoms with Crippen LogP contribution in [0.15, 0.2) is 30.5 Å². The number of nitrogens with two attached hydrogens (primary N) is 1. The van der Waals surface area contributed by atoms with E-state index in [9.17, 15) is 13.8 Å². The number of piperidine rings is 1. The van der Waals surface area contributed by atoms with Crippen LogP contribution in [-0.2, 0) is 0 Å². The Morgan fingerprint density at radius 2 is 1.96 bits per heavy atom. The van der Waals surface area contributed by atoms with Gasteiger partial charge in [0.25, 0.3) is 0 Å². The molecule has 1 aliphatic heterocycles. The summed E-state index contributed by atoms with van der Waals surface area (Å²) in [7, 11) is -0.534. The monoisotopic (exact) mass is 362 g/mol. The molecule has 3 rings (SSSR count). The molecule has 138 valence electrons. The average molecular weight is 362 g/mol. The van der Waals surface area contributed by atoms with Gasteiger partial charge in [-0.3, -0.25) is 0 Å². The molecule has 1 aromatic carbocycles. The van der Waals surface area contributed by atoms with Gasteiger partial charge in [0, 0.05) is 24.0 Å². The zero-order valence-corrected chi connectivity index (χ0v) is 14.5. The number of ether oxygens (including phenoxy) is 1. The lowest BCUT2D eigenvalue weighted by molar-refractivity contribution is 0.118. The number of nitrogen functional groups attached to an aromatic ring is 1. The van der Waals surface area contributed by atoms with E-state index in [0.29, 0.717) is 37.4 Å². The molecule has 1 aromatic heterocycles. The molecule has 0 amide bonds. The molecule has 1 aliphatic rings. The molecule has 0 spiro atoms. The number of anilines is 3. The summed E-state index contributed by atoms with van der Waals surface area (Å²) in [4.78, 5) is 5.92. The maximum absolute atomic E-state index is 14.4. The second-order valence-corrected chi connectivity index (χ2v) is 6.32. The van der Waals surface area contributed by atoms with Crippen LogP contribution >= 0.6 is 0 Å². The minimum atomic E-state index is -0.792. The SMILES string of the molecule is CB(O)N1CCC(Oc2c(F)cc(Nc3ncccc3N)cc2F)CC1.